The average Bonchev–Trinajstić information content (AvgIpc) is 2.44. The monoisotopic (exact) mass is 532 g/mol. The summed E-state index contributed by atoms with van der Waals surface area (Å²) in [6.45, 7) is 3.36. The first-order valence-electron chi connectivity index (χ1n) is 6.27. The van der Waals surface area contributed by atoms with E-state index in [9.17, 15) is 0 Å². The summed E-state index contributed by atoms with van der Waals surface area (Å²) in [6.07, 6.45) is 0. The van der Waals surface area contributed by atoms with Gasteiger partial charge in [0.25, 0.3) is 0 Å². The van der Waals surface area contributed by atoms with E-state index in [1.165, 1.54) is 11.1 Å². The summed E-state index contributed by atoms with van der Waals surface area (Å²) in [5.41, 5.74) is 2.38. The molecular formula is C10H14B2I2N2O2P2. The fraction of sp³-hybridized carbons (Fsp3) is 0.400. The van der Waals surface area contributed by atoms with Crippen molar-refractivity contribution < 1.29 is 9.47 Å². The van der Waals surface area contributed by atoms with Gasteiger partial charge in [-0.2, -0.15) is 0 Å². The van der Waals surface area contributed by atoms with Gasteiger partial charge in [0.15, 0.2) is 7.57 Å². The minimum atomic E-state index is -0.137. The van der Waals surface area contributed by atoms with Crippen molar-refractivity contribution in [2.75, 3.05) is 13.5 Å². The molecule has 0 spiro atoms. The molecule has 0 saturated carbocycles. The third-order valence-electron chi connectivity index (χ3n) is 3.38. The molecule has 2 heterocycles. The number of rotatable bonds is 3. The maximum atomic E-state index is 5.92. The second kappa shape index (κ2) is 7.18. The Labute approximate surface area is 150 Å². The van der Waals surface area contributed by atoms with E-state index in [1.54, 1.807) is 0 Å². The molecule has 2 unspecified atom stereocenters. The van der Waals surface area contributed by atoms with Crippen LogP contribution < -0.4 is 9.47 Å². The van der Waals surface area contributed by atoms with Gasteiger partial charge in [-0.05, 0) is 39.8 Å². The molecule has 1 aromatic rings. The first kappa shape index (κ1) is 16.1. The van der Waals surface area contributed by atoms with Gasteiger partial charge in [-0.15, -0.1) is 22.4 Å². The van der Waals surface area contributed by atoms with Crippen molar-refractivity contribution in [1.82, 2.24) is 9.34 Å². The molecule has 10 heteroatoms. The molecule has 2 aliphatic heterocycles. The van der Waals surface area contributed by atoms with Crippen molar-refractivity contribution in [3.05, 3.63) is 23.3 Å². The number of hydrogen-bond donors (Lipinski definition) is 0. The van der Waals surface area contributed by atoms with E-state index in [4.69, 9.17) is 9.47 Å². The molecule has 0 radical (unpaired) electrons. The van der Waals surface area contributed by atoms with E-state index in [-0.39, 0.29) is 5.59 Å². The van der Waals surface area contributed by atoms with E-state index in [0.717, 1.165) is 38.1 Å². The molecule has 2 atom stereocenters. The van der Waals surface area contributed by atoms with Crippen LogP contribution in [0.4, 0.5) is 0 Å². The average molecular weight is 532 g/mol. The fourth-order valence-corrected chi connectivity index (χ4v) is 5.76. The van der Waals surface area contributed by atoms with Crippen molar-refractivity contribution in [2.45, 2.75) is 13.1 Å². The zero-order valence-corrected chi connectivity index (χ0v) is 17.3. The van der Waals surface area contributed by atoms with Crippen LogP contribution in [-0.2, 0) is 13.1 Å². The molecule has 0 saturated heterocycles. The molecule has 2 aliphatic rings. The van der Waals surface area contributed by atoms with E-state index in [0.29, 0.717) is 13.5 Å². The lowest BCUT2D eigenvalue weighted by molar-refractivity contribution is 0.165. The van der Waals surface area contributed by atoms with Gasteiger partial charge in [-0.3, -0.25) is 4.67 Å². The zero-order chi connectivity index (χ0) is 14.1. The van der Waals surface area contributed by atoms with Crippen molar-refractivity contribution in [2.24, 2.45) is 0 Å². The van der Waals surface area contributed by atoms with Crippen LogP contribution in [0.2, 0.25) is 0 Å². The predicted octanol–water partition coefficient (Wildman–Crippen LogP) is 2.58. The number of benzene rings is 1. The standard InChI is InChI=1S/C10H14B2I2N2O2P2/c11-20(14)16-4-8-2-9-7(1-10(8)18-6-16)3-15(5-17-9)19-12-13/h1-2,12,19H,3-6,11H2. The molecule has 0 aliphatic carbocycles. The second-order valence-corrected chi connectivity index (χ2v) is 13.9. The lowest BCUT2D eigenvalue weighted by Crippen LogP contribution is -2.29. The molecular weight excluding hydrogens is 518 g/mol. The first-order chi connectivity index (χ1) is 9.67. The van der Waals surface area contributed by atoms with Crippen molar-refractivity contribution in [1.29, 1.82) is 0 Å². The van der Waals surface area contributed by atoms with Crippen LogP contribution in [0.1, 0.15) is 11.1 Å². The van der Waals surface area contributed by atoms with Crippen LogP contribution in [0.15, 0.2) is 12.1 Å². The van der Waals surface area contributed by atoms with Crippen LogP contribution in [0.3, 0.4) is 0 Å². The molecule has 0 fully saturated rings. The number of fused-ring (bicyclic) bond motifs is 2. The van der Waals surface area contributed by atoms with E-state index >= 15 is 0 Å². The minimum Gasteiger partial charge on any atom is -0.478 e. The normalized spacial score (nSPS) is 20.9. The molecule has 1 aromatic carbocycles. The van der Waals surface area contributed by atoms with Gasteiger partial charge in [0.2, 0.25) is 4.86 Å². The Morgan fingerprint density at radius 1 is 1.20 bits per heavy atom. The van der Waals surface area contributed by atoms with Crippen LogP contribution in [0.5, 0.6) is 11.5 Å². The summed E-state index contributed by atoms with van der Waals surface area (Å²) in [6, 6.07) is 4.35. The smallest absolute Gasteiger partial charge is 0.242 e. The molecule has 4 nitrogen and oxygen atoms in total. The molecule has 0 aromatic heterocycles. The fourth-order valence-electron chi connectivity index (χ4n) is 2.31. The van der Waals surface area contributed by atoms with Crippen molar-refractivity contribution in [3.63, 3.8) is 0 Å². The van der Waals surface area contributed by atoms with Crippen molar-refractivity contribution in [3.8, 4) is 11.5 Å². The molecule has 0 N–H and O–H groups in total. The first-order valence-corrected chi connectivity index (χ1v) is 13.5. The van der Waals surface area contributed by atoms with Gasteiger partial charge in [0.05, 0.1) is 0 Å². The van der Waals surface area contributed by atoms with Crippen LogP contribution >= 0.6 is 58.6 Å². The summed E-state index contributed by atoms with van der Waals surface area (Å²) < 4.78 is 16.6. The highest BCUT2D eigenvalue weighted by Gasteiger charge is 2.25. The Morgan fingerprint density at radius 3 is 2.50 bits per heavy atom. The van der Waals surface area contributed by atoms with E-state index in [1.807, 2.05) is 0 Å². The number of hydrogen-bond acceptors (Lipinski definition) is 4. The van der Waals surface area contributed by atoms with E-state index < -0.39 is 0 Å². The van der Waals surface area contributed by atoms with E-state index in [2.05, 4.69) is 73.5 Å². The summed E-state index contributed by atoms with van der Waals surface area (Å²) >= 11 is 4.91. The molecule has 0 amide bonds. The molecule has 0 bridgehead atoms. The summed E-state index contributed by atoms with van der Waals surface area (Å²) in [7, 11) is 3.08. The minimum absolute atomic E-state index is 0.137. The maximum Gasteiger partial charge on any atom is 0.242 e. The molecule has 20 heavy (non-hydrogen) atoms. The van der Waals surface area contributed by atoms with Crippen molar-refractivity contribution >= 4 is 71.0 Å². The summed E-state index contributed by atoms with van der Waals surface area (Å²) in [4.78, 5) is 1.16. The quantitative estimate of drug-likeness (QED) is 0.340. The Kier molecular flexibility index (Phi) is 5.76. The topological polar surface area (TPSA) is 24.9 Å². The van der Waals surface area contributed by atoms with Gasteiger partial charge in [-0.25, -0.2) is 4.67 Å². The number of halogens is 2. The van der Waals surface area contributed by atoms with Gasteiger partial charge in [0, 0.05) is 24.2 Å². The Bertz CT molecular complexity index is 512. The van der Waals surface area contributed by atoms with Crippen LogP contribution in [0.25, 0.3) is 0 Å². The van der Waals surface area contributed by atoms with Gasteiger partial charge >= 0.3 is 0 Å². The lowest BCUT2D eigenvalue weighted by atomic mass is 10.1. The van der Waals surface area contributed by atoms with Gasteiger partial charge in [-0.1, -0.05) is 8.61 Å². The molecule has 3 rings (SSSR count). The maximum absolute atomic E-state index is 5.92. The number of ether oxygens (including phenoxy) is 2. The summed E-state index contributed by atoms with van der Waals surface area (Å²) in [5.74, 6) is 2.08. The molecule has 106 valence electrons. The van der Waals surface area contributed by atoms with Crippen LogP contribution in [0, 0.1) is 0 Å². The second-order valence-electron chi connectivity index (χ2n) is 4.71. The predicted molar refractivity (Wildman–Crippen MR) is 107 cm³/mol. The number of nitrogens with zero attached hydrogens (tertiary/aromatic N) is 2. The third-order valence-corrected chi connectivity index (χ3v) is 8.12. The lowest BCUT2D eigenvalue weighted by Gasteiger charge is -2.34. The highest BCUT2D eigenvalue weighted by atomic mass is 127. The zero-order valence-electron chi connectivity index (χ0n) is 11.1. The Morgan fingerprint density at radius 2 is 1.85 bits per heavy atom. The highest BCUT2D eigenvalue weighted by molar-refractivity contribution is 14.2. The highest BCUT2D eigenvalue weighted by Crippen LogP contribution is 2.47. The van der Waals surface area contributed by atoms with Crippen LogP contribution in [-0.4, -0.2) is 35.2 Å². The third kappa shape index (κ3) is 3.57. The Hall–Kier alpha value is 1.19. The Balaban J connectivity index is 1.81. The van der Waals surface area contributed by atoms with Gasteiger partial charge < -0.3 is 9.47 Å². The SMILES string of the molecule is BP(I)N1COc2cc3c(cc2C1)OCN(PBI)C3. The van der Waals surface area contributed by atoms with Gasteiger partial charge in [0.1, 0.15) is 25.0 Å². The largest absolute Gasteiger partial charge is 0.478 e. The summed E-state index contributed by atoms with van der Waals surface area (Å²) in [5, 5.41) is 0.